The van der Waals surface area contributed by atoms with Gasteiger partial charge in [0.25, 0.3) is 0 Å². The van der Waals surface area contributed by atoms with Gasteiger partial charge in [-0.2, -0.15) is 0 Å². The maximum Gasteiger partial charge on any atom is 0.120 e. The van der Waals surface area contributed by atoms with E-state index in [2.05, 4.69) is 134 Å². The molecule has 1 fully saturated rings. The Morgan fingerprint density at radius 2 is 1.27 bits per heavy atom. The predicted molar refractivity (Wildman–Crippen MR) is 190 cm³/mol. The summed E-state index contributed by atoms with van der Waals surface area (Å²) in [7, 11) is 1.76. The van der Waals surface area contributed by atoms with Crippen molar-refractivity contribution in [3.05, 3.63) is 127 Å². The highest BCUT2D eigenvalue weighted by Gasteiger charge is 2.57. The maximum atomic E-state index is 5.67. The van der Waals surface area contributed by atoms with Crippen LogP contribution in [0.5, 0.6) is 5.75 Å². The van der Waals surface area contributed by atoms with E-state index in [-0.39, 0.29) is 11.0 Å². The van der Waals surface area contributed by atoms with Crippen LogP contribution in [-0.2, 0) is 5.41 Å². The summed E-state index contributed by atoms with van der Waals surface area (Å²) in [6.45, 7) is 5.01. The molecule has 7 aromatic carbocycles. The van der Waals surface area contributed by atoms with Gasteiger partial charge in [-0.15, -0.1) is 0 Å². The van der Waals surface area contributed by atoms with Gasteiger partial charge in [0, 0.05) is 22.9 Å². The molecule has 7 aromatic rings. The van der Waals surface area contributed by atoms with E-state index in [1.54, 1.807) is 7.11 Å². The zero-order valence-corrected chi connectivity index (χ0v) is 26.2. The van der Waals surface area contributed by atoms with Gasteiger partial charge in [-0.25, -0.2) is 0 Å². The summed E-state index contributed by atoms with van der Waals surface area (Å²) in [6, 6.07) is 45.2. The minimum absolute atomic E-state index is 0.00489. The van der Waals surface area contributed by atoms with Crippen LogP contribution >= 0.6 is 0 Å². The zero-order chi connectivity index (χ0) is 30.3. The first-order valence-corrected chi connectivity index (χ1v) is 16.4. The van der Waals surface area contributed by atoms with Crippen molar-refractivity contribution in [2.75, 3.05) is 12.0 Å². The van der Waals surface area contributed by atoms with Gasteiger partial charge < -0.3 is 9.64 Å². The van der Waals surface area contributed by atoms with Crippen molar-refractivity contribution in [2.24, 2.45) is 0 Å². The number of anilines is 2. The molecule has 1 heterocycles. The lowest BCUT2D eigenvalue weighted by molar-refractivity contribution is 0.195. The molecule has 1 aliphatic carbocycles. The molecular weight excluding hydrogens is 546 g/mol. The van der Waals surface area contributed by atoms with Crippen LogP contribution in [-0.4, -0.2) is 12.6 Å². The van der Waals surface area contributed by atoms with E-state index in [0.717, 1.165) is 5.75 Å². The van der Waals surface area contributed by atoms with Gasteiger partial charge in [-0.3, -0.25) is 0 Å². The molecule has 0 N–H and O–H groups in total. The molecule has 2 heteroatoms. The lowest BCUT2D eigenvalue weighted by Gasteiger charge is -2.50. The van der Waals surface area contributed by atoms with Crippen LogP contribution in [0.4, 0.5) is 11.4 Å². The summed E-state index contributed by atoms with van der Waals surface area (Å²) in [5.41, 5.74) is 9.24. The second-order valence-corrected chi connectivity index (χ2v) is 13.6. The monoisotopic (exact) mass is 583 g/mol. The maximum absolute atomic E-state index is 5.67. The van der Waals surface area contributed by atoms with E-state index < -0.39 is 0 Å². The van der Waals surface area contributed by atoms with Crippen LogP contribution in [0.2, 0.25) is 0 Å². The summed E-state index contributed by atoms with van der Waals surface area (Å²) < 4.78 is 5.67. The molecule has 45 heavy (non-hydrogen) atoms. The van der Waals surface area contributed by atoms with Crippen molar-refractivity contribution in [2.45, 2.75) is 50.5 Å². The number of methoxy groups -OCH3 is 1. The van der Waals surface area contributed by atoms with Gasteiger partial charge >= 0.3 is 0 Å². The van der Waals surface area contributed by atoms with Gasteiger partial charge in [0.1, 0.15) is 5.75 Å². The highest BCUT2D eigenvalue weighted by molar-refractivity contribution is 6.27. The smallest absolute Gasteiger partial charge is 0.120 e. The van der Waals surface area contributed by atoms with Crippen molar-refractivity contribution in [3.8, 4) is 28.0 Å². The fourth-order valence-corrected chi connectivity index (χ4v) is 8.98. The molecule has 1 saturated carbocycles. The van der Waals surface area contributed by atoms with Crippen LogP contribution in [0.3, 0.4) is 0 Å². The van der Waals surface area contributed by atoms with Crippen LogP contribution in [0, 0.1) is 0 Å². The molecule has 0 radical (unpaired) electrons. The SMILES string of the molecule is COc1cccc(N2c3ccc(-c4ccc5ccc6c(-c7ccccc7)ccc7ccc4c5c76)cc3C3(C)CCCCC23C)c1. The van der Waals surface area contributed by atoms with Gasteiger partial charge in [-0.1, -0.05) is 111 Å². The molecule has 220 valence electrons. The van der Waals surface area contributed by atoms with Gasteiger partial charge in [-0.05, 0) is 104 Å². The molecule has 2 atom stereocenters. The summed E-state index contributed by atoms with van der Waals surface area (Å²) >= 11 is 0. The van der Waals surface area contributed by atoms with Crippen LogP contribution in [0.25, 0.3) is 54.6 Å². The largest absolute Gasteiger partial charge is 0.497 e. The van der Waals surface area contributed by atoms with Crippen LogP contribution in [0.1, 0.15) is 45.1 Å². The Morgan fingerprint density at radius 3 is 1.98 bits per heavy atom. The molecule has 0 saturated heterocycles. The second kappa shape index (κ2) is 9.59. The third-order valence-electron chi connectivity index (χ3n) is 11.5. The third kappa shape index (κ3) is 3.63. The number of hydrogen-bond donors (Lipinski definition) is 0. The van der Waals surface area contributed by atoms with Crippen molar-refractivity contribution in [1.29, 1.82) is 0 Å². The fourth-order valence-electron chi connectivity index (χ4n) is 8.98. The number of rotatable bonds is 4. The Kier molecular flexibility index (Phi) is 5.66. The standard InChI is InChI=1S/C43H37NO/c1-42-24-7-8-25-43(42,2)44(32-12-9-13-33(27-32)45-3)39-23-18-31(26-38(39)42)35-20-15-30-16-21-36-34(28-10-5-4-6-11-28)19-14-29-17-22-37(35)41(30)40(29)36/h4-6,9-23,26-27H,7-8,24-25H2,1-3H3. The van der Waals surface area contributed by atoms with Crippen molar-refractivity contribution in [1.82, 2.24) is 0 Å². The van der Waals surface area contributed by atoms with E-state index >= 15 is 0 Å². The van der Waals surface area contributed by atoms with Crippen LogP contribution < -0.4 is 9.64 Å². The molecule has 2 unspecified atom stereocenters. The first kappa shape index (κ1) is 26.6. The van der Waals surface area contributed by atoms with Crippen molar-refractivity contribution >= 4 is 43.7 Å². The molecule has 2 aliphatic rings. The predicted octanol–water partition coefficient (Wildman–Crippen LogP) is 11.7. The summed E-state index contributed by atoms with van der Waals surface area (Å²) in [6.07, 6.45) is 4.89. The number of benzene rings is 7. The molecule has 0 spiro atoms. The van der Waals surface area contributed by atoms with E-state index in [0.29, 0.717) is 0 Å². The normalized spacial score (nSPS) is 21.0. The summed E-state index contributed by atoms with van der Waals surface area (Å²) in [5, 5.41) is 7.98. The number of fused-ring (bicyclic) bond motifs is 3. The molecule has 0 amide bonds. The lowest BCUT2D eigenvalue weighted by atomic mass is 9.61. The van der Waals surface area contributed by atoms with Gasteiger partial charge in [0.15, 0.2) is 0 Å². The third-order valence-corrected chi connectivity index (χ3v) is 11.5. The van der Waals surface area contributed by atoms with Crippen molar-refractivity contribution < 1.29 is 4.74 Å². The minimum atomic E-state index is -0.00489. The number of ether oxygens (including phenoxy) is 1. The van der Waals surface area contributed by atoms with E-state index in [1.165, 1.54) is 97.2 Å². The first-order chi connectivity index (χ1) is 22.0. The van der Waals surface area contributed by atoms with Gasteiger partial charge in [0.2, 0.25) is 0 Å². The summed E-state index contributed by atoms with van der Waals surface area (Å²) in [5.74, 6) is 0.905. The number of nitrogens with zero attached hydrogens (tertiary/aromatic N) is 1. The molecule has 1 aliphatic heterocycles. The first-order valence-electron chi connectivity index (χ1n) is 16.4. The van der Waals surface area contributed by atoms with Crippen molar-refractivity contribution in [3.63, 3.8) is 0 Å². The Balaban J connectivity index is 1.26. The Bertz CT molecular complexity index is 2250. The Labute approximate surface area is 265 Å². The number of hydrogen-bond acceptors (Lipinski definition) is 2. The molecular formula is C43H37NO. The Hall–Kier alpha value is -4.82. The minimum Gasteiger partial charge on any atom is -0.497 e. The molecule has 0 bridgehead atoms. The molecule has 0 aromatic heterocycles. The van der Waals surface area contributed by atoms with Crippen LogP contribution in [0.15, 0.2) is 121 Å². The highest BCUT2D eigenvalue weighted by Crippen LogP contribution is 2.61. The zero-order valence-electron chi connectivity index (χ0n) is 26.2. The summed E-state index contributed by atoms with van der Waals surface area (Å²) in [4.78, 5) is 2.63. The van der Waals surface area contributed by atoms with E-state index in [4.69, 9.17) is 4.74 Å². The fraction of sp³-hybridized carbons (Fsp3) is 0.209. The average Bonchev–Trinajstić information content (AvgIpc) is 3.30. The molecule has 2 nitrogen and oxygen atoms in total. The average molecular weight is 584 g/mol. The Morgan fingerprint density at radius 1 is 0.600 bits per heavy atom. The van der Waals surface area contributed by atoms with Gasteiger partial charge in [0.05, 0.1) is 12.6 Å². The lowest BCUT2D eigenvalue weighted by Crippen LogP contribution is -2.54. The second-order valence-electron chi connectivity index (χ2n) is 13.6. The quantitative estimate of drug-likeness (QED) is 0.191. The van der Waals surface area contributed by atoms with E-state index in [9.17, 15) is 0 Å². The van der Waals surface area contributed by atoms with E-state index in [1.807, 2.05) is 6.07 Å². The highest BCUT2D eigenvalue weighted by atomic mass is 16.5. The topological polar surface area (TPSA) is 12.5 Å². The molecule has 9 rings (SSSR count).